The van der Waals surface area contributed by atoms with E-state index in [-0.39, 0.29) is 5.75 Å². The Balaban J connectivity index is 2.21. The molecule has 0 radical (unpaired) electrons. The SMILES string of the molecule is COCCOCCCOc1ccc(C=O)cc1F. The summed E-state index contributed by atoms with van der Waals surface area (Å²) in [4.78, 5) is 10.4. The van der Waals surface area contributed by atoms with Crippen LogP contribution in [0.2, 0.25) is 0 Å². The lowest BCUT2D eigenvalue weighted by atomic mass is 10.2. The van der Waals surface area contributed by atoms with Crippen molar-refractivity contribution >= 4 is 6.29 Å². The maximum Gasteiger partial charge on any atom is 0.165 e. The number of methoxy groups -OCH3 is 1. The van der Waals surface area contributed by atoms with Crippen LogP contribution in [0.5, 0.6) is 5.75 Å². The molecule has 0 heterocycles. The van der Waals surface area contributed by atoms with Gasteiger partial charge in [0, 0.05) is 25.7 Å². The largest absolute Gasteiger partial charge is 0.490 e. The molecule has 0 spiro atoms. The molecule has 0 unspecified atom stereocenters. The van der Waals surface area contributed by atoms with Gasteiger partial charge in [-0.1, -0.05) is 0 Å². The van der Waals surface area contributed by atoms with Gasteiger partial charge in [-0.25, -0.2) is 4.39 Å². The van der Waals surface area contributed by atoms with Gasteiger partial charge in [-0.3, -0.25) is 4.79 Å². The number of carbonyl (C=O) groups is 1. The standard InChI is InChI=1S/C13H17FO4/c1-16-7-8-17-5-2-6-18-13-4-3-11(10-15)9-12(13)14/h3-4,9-10H,2,5-8H2,1H3. The van der Waals surface area contributed by atoms with Gasteiger partial charge in [0.05, 0.1) is 19.8 Å². The van der Waals surface area contributed by atoms with E-state index in [2.05, 4.69) is 0 Å². The van der Waals surface area contributed by atoms with Crippen molar-refractivity contribution in [2.45, 2.75) is 6.42 Å². The van der Waals surface area contributed by atoms with Gasteiger partial charge >= 0.3 is 0 Å². The summed E-state index contributed by atoms with van der Waals surface area (Å²) >= 11 is 0. The zero-order valence-electron chi connectivity index (χ0n) is 10.4. The van der Waals surface area contributed by atoms with Gasteiger partial charge in [-0.15, -0.1) is 0 Å². The summed E-state index contributed by atoms with van der Waals surface area (Å²) in [6.45, 7) is 2.00. The first-order valence-electron chi connectivity index (χ1n) is 5.72. The zero-order chi connectivity index (χ0) is 13.2. The van der Waals surface area contributed by atoms with E-state index in [1.54, 1.807) is 7.11 Å². The van der Waals surface area contributed by atoms with Crippen LogP contribution in [0.15, 0.2) is 18.2 Å². The average molecular weight is 256 g/mol. The molecule has 0 saturated carbocycles. The number of halogens is 1. The van der Waals surface area contributed by atoms with Crippen molar-refractivity contribution in [3.05, 3.63) is 29.6 Å². The second-order valence-electron chi connectivity index (χ2n) is 3.61. The van der Waals surface area contributed by atoms with Crippen molar-refractivity contribution < 1.29 is 23.4 Å². The molecule has 0 aromatic heterocycles. The number of aldehydes is 1. The topological polar surface area (TPSA) is 44.8 Å². The highest BCUT2D eigenvalue weighted by Gasteiger charge is 2.04. The zero-order valence-corrected chi connectivity index (χ0v) is 10.4. The van der Waals surface area contributed by atoms with E-state index in [9.17, 15) is 9.18 Å². The van der Waals surface area contributed by atoms with Gasteiger partial charge in [0.15, 0.2) is 11.6 Å². The Kier molecular flexibility index (Phi) is 6.98. The van der Waals surface area contributed by atoms with Gasteiger partial charge in [0.2, 0.25) is 0 Å². The molecule has 0 bridgehead atoms. The highest BCUT2D eigenvalue weighted by Crippen LogP contribution is 2.17. The predicted molar refractivity (Wildman–Crippen MR) is 64.6 cm³/mol. The van der Waals surface area contributed by atoms with Crippen LogP contribution in [0.4, 0.5) is 4.39 Å². The third-order valence-electron chi connectivity index (χ3n) is 2.21. The van der Waals surface area contributed by atoms with Gasteiger partial charge in [0.1, 0.15) is 6.29 Å². The number of rotatable bonds is 9. The summed E-state index contributed by atoms with van der Waals surface area (Å²) in [7, 11) is 1.61. The van der Waals surface area contributed by atoms with E-state index in [1.165, 1.54) is 12.1 Å². The van der Waals surface area contributed by atoms with Gasteiger partial charge < -0.3 is 14.2 Å². The summed E-state index contributed by atoms with van der Waals surface area (Å²) in [5.41, 5.74) is 0.294. The molecule has 4 nitrogen and oxygen atoms in total. The minimum atomic E-state index is -0.528. The Morgan fingerprint density at radius 3 is 2.72 bits per heavy atom. The Labute approximate surface area is 106 Å². The molecule has 0 aliphatic rings. The highest BCUT2D eigenvalue weighted by molar-refractivity contribution is 5.74. The summed E-state index contributed by atoms with van der Waals surface area (Å²) in [5, 5.41) is 0. The molecule has 18 heavy (non-hydrogen) atoms. The maximum absolute atomic E-state index is 13.4. The van der Waals surface area contributed by atoms with Crippen molar-refractivity contribution in [1.82, 2.24) is 0 Å². The van der Waals surface area contributed by atoms with E-state index < -0.39 is 5.82 Å². The van der Waals surface area contributed by atoms with Crippen LogP contribution < -0.4 is 4.74 Å². The minimum absolute atomic E-state index is 0.150. The molecule has 5 heteroatoms. The molecule has 0 N–H and O–H groups in total. The summed E-state index contributed by atoms with van der Waals surface area (Å²) < 4.78 is 28.7. The van der Waals surface area contributed by atoms with Gasteiger partial charge in [0.25, 0.3) is 0 Å². The lowest BCUT2D eigenvalue weighted by Crippen LogP contribution is -2.07. The van der Waals surface area contributed by atoms with Gasteiger partial charge in [-0.05, 0) is 18.2 Å². The summed E-state index contributed by atoms with van der Waals surface area (Å²) in [5.74, 6) is -0.377. The first-order chi connectivity index (χ1) is 8.77. The second kappa shape index (κ2) is 8.60. The number of benzene rings is 1. The molecule has 1 rings (SSSR count). The second-order valence-corrected chi connectivity index (χ2v) is 3.61. The van der Waals surface area contributed by atoms with E-state index in [0.29, 0.717) is 44.7 Å². The van der Waals surface area contributed by atoms with Crippen LogP contribution >= 0.6 is 0 Å². The third kappa shape index (κ3) is 5.25. The van der Waals surface area contributed by atoms with E-state index in [0.717, 1.165) is 6.07 Å². The molecule has 0 aliphatic heterocycles. The normalized spacial score (nSPS) is 10.3. The fourth-order valence-electron chi connectivity index (χ4n) is 1.29. The van der Waals surface area contributed by atoms with Crippen LogP contribution in [-0.4, -0.2) is 39.8 Å². The number of ether oxygens (including phenoxy) is 3. The quantitative estimate of drug-likeness (QED) is 0.501. The molecular formula is C13H17FO4. The molecule has 0 aliphatic carbocycles. The van der Waals surface area contributed by atoms with Gasteiger partial charge in [-0.2, -0.15) is 0 Å². The van der Waals surface area contributed by atoms with Crippen molar-refractivity contribution in [2.75, 3.05) is 33.5 Å². The fraction of sp³-hybridized carbons (Fsp3) is 0.462. The number of carbonyl (C=O) groups excluding carboxylic acids is 1. The highest BCUT2D eigenvalue weighted by atomic mass is 19.1. The maximum atomic E-state index is 13.4. The third-order valence-corrected chi connectivity index (χ3v) is 2.21. The lowest BCUT2D eigenvalue weighted by molar-refractivity contribution is 0.0642. The van der Waals surface area contributed by atoms with Crippen molar-refractivity contribution in [3.63, 3.8) is 0 Å². The van der Waals surface area contributed by atoms with Crippen LogP contribution in [0.25, 0.3) is 0 Å². The molecular weight excluding hydrogens is 239 g/mol. The Morgan fingerprint density at radius 2 is 2.06 bits per heavy atom. The lowest BCUT2D eigenvalue weighted by Gasteiger charge is -2.07. The van der Waals surface area contributed by atoms with Crippen LogP contribution in [0.1, 0.15) is 16.8 Å². The van der Waals surface area contributed by atoms with Crippen LogP contribution in [0, 0.1) is 5.82 Å². The van der Waals surface area contributed by atoms with E-state index >= 15 is 0 Å². The van der Waals surface area contributed by atoms with Crippen LogP contribution in [0.3, 0.4) is 0 Å². The Hall–Kier alpha value is -1.46. The molecule has 0 atom stereocenters. The Bertz CT molecular complexity index is 368. The fourth-order valence-corrected chi connectivity index (χ4v) is 1.29. The first-order valence-corrected chi connectivity index (χ1v) is 5.72. The predicted octanol–water partition coefficient (Wildman–Crippen LogP) is 2.07. The van der Waals surface area contributed by atoms with Crippen molar-refractivity contribution in [3.8, 4) is 5.75 Å². The Morgan fingerprint density at radius 1 is 1.22 bits per heavy atom. The van der Waals surface area contributed by atoms with Crippen molar-refractivity contribution in [1.29, 1.82) is 0 Å². The number of hydrogen-bond donors (Lipinski definition) is 0. The average Bonchev–Trinajstić information content (AvgIpc) is 2.39. The molecule has 0 amide bonds. The summed E-state index contributed by atoms with van der Waals surface area (Å²) in [6, 6.07) is 4.11. The number of hydrogen-bond acceptors (Lipinski definition) is 4. The molecule has 1 aromatic rings. The van der Waals surface area contributed by atoms with Crippen molar-refractivity contribution in [2.24, 2.45) is 0 Å². The monoisotopic (exact) mass is 256 g/mol. The summed E-state index contributed by atoms with van der Waals surface area (Å²) in [6.07, 6.45) is 1.26. The first kappa shape index (κ1) is 14.6. The van der Waals surface area contributed by atoms with Crippen LogP contribution in [-0.2, 0) is 9.47 Å². The molecule has 0 saturated heterocycles. The minimum Gasteiger partial charge on any atom is -0.490 e. The molecule has 1 aromatic carbocycles. The molecule has 100 valence electrons. The van der Waals surface area contributed by atoms with E-state index in [1.807, 2.05) is 0 Å². The molecule has 0 fully saturated rings. The van der Waals surface area contributed by atoms with E-state index in [4.69, 9.17) is 14.2 Å². The smallest absolute Gasteiger partial charge is 0.165 e.